The lowest BCUT2D eigenvalue weighted by Gasteiger charge is -2.34. The Morgan fingerprint density at radius 1 is 1.03 bits per heavy atom. The number of hydrogen-bond acceptors (Lipinski definition) is 10. The number of hydrogen-bond donors (Lipinski definition) is 1. The van der Waals surface area contributed by atoms with E-state index in [0.717, 1.165) is 38.3 Å². The number of nitrogens with zero attached hydrogens (tertiary/aromatic N) is 3. The Morgan fingerprint density at radius 3 is 2.47 bits per heavy atom. The van der Waals surface area contributed by atoms with Crippen molar-refractivity contribution in [1.82, 2.24) is 9.80 Å². The van der Waals surface area contributed by atoms with Gasteiger partial charge in [-0.15, -0.1) is 0 Å². The predicted molar refractivity (Wildman–Crippen MR) is 133 cm³/mol. The van der Waals surface area contributed by atoms with E-state index in [1.165, 1.54) is 25.3 Å². The molecule has 0 bridgehead atoms. The Kier molecular flexibility index (Phi) is 10.2. The second-order valence-corrected chi connectivity index (χ2v) is 8.30. The Hall–Kier alpha value is -3.54. The molecule has 1 saturated heterocycles. The molecule has 1 N–H and O–H groups in total. The molecular weight excluding hydrogens is 468 g/mol. The van der Waals surface area contributed by atoms with E-state index in [1.807, 2.05) is 24.3 Å². The summed E-state index contributed by atoms with van der Waals surface area (Å²) < 4.78 is 14.9. The highest BCUT2D eigenvalue weighted by molar-refractivity contribution is 5.91. The molecule has 0 radical (unpaired) electrons. The first-order valence-electron chi connectivity index (χ1n) is 11.8. The normalized spacial score (nSPS) is 14.3. The summed E-state index contributed by atoms with van der Waals surface area (Å²) >= 11 is 0. The van der Waals surface area contributed by atoms with Crippen LogP contribution in [0, 0.1) is 10.1 Å². The zero-order valence-electron chi connectivity index (χ0n) is 20.6. The third-order valence-electron chi connectivity index (χ3n) is 5.69. The van der Waals surface area contributed by atoms with Gasteiger partial charge in [0.1, 0.15) is 12.3 Å². The predicted octanol–water partition coefficient (Wildman–Crippen LogP) is 2.82. The van der Waals surface area contributed by atoms with Gasteiger partial charge in [-0.1, -0.05) is 12.1 Å². The van der Waals surface area contributed by atoms with Crippen LogP contribution in [-0.4, -0.2) is 86.3 Å². The summed E-state index contributed by atoms with van der Waals surface area (Å²) in [6.45, 7) is 6.73. The molecule has 1 aliphatic heterocycles. The Labute approximate surface area is 210 Å². The summed E-state index contributed by atoms with van der Waals surface area (Å²) in [4.78, 5) is 39.3. The molecule has 36 heavy (non-hydrogen) atoms. The van der Waals surface area contributed by atoms with Crippen LogP contribution in [0.2, 0.25) is 0 Å². The molecule has 0 aliphatic carbocycles. The van der Waals surface area contributed by atoms with Crippen molar-refractivity contribution < 1.29 is 28.7 Å². The number of benzene rings is 2. The van der Waals surface area contributed by atoms with E-state index >= 15 is 0 Å². The van der Waals surface area contributed by atoms with Crippen molar-refractivity contribution in [3.05, 3.63) is 63.7 Å². The van der Waals surface area contributed by atoms with Gasteiger partial charge in [-0.25, -0.2) is 4.79 Å². The third-order valence-corrected chi connectivity index (χ3v) is 5.69. The van der Waals surface area contributed by atoms with E-state index in [0.29, 0.717) is 18.8 Å². The fourth-order valence-electron chi connectivity index (χ4n) is 3.87. The molecule has 0 atom stereocenters. The molecule has 11 heteroatoms. The highest BCUT2D eigenvalue weighted by Gasteiger charge is 2.21. The molecule has 1 heterocycles. The number of nitro groups is 1. The number of anilines is 2. The second-order valence-electron chi connectivity index (χ2n) is 8.30. The molecular formula is C25H32N4O7. The molecule has 11 nitrogen and oxygen atoms in total. The van der Waals surface area contributed by atoms with Crippen LogP contribution < -0.4 is 5.32 Å². The monoisotopic (exact) mass is 500 g/mol. The lowest BCUT2D eigenvalue weighted by Crippen LogP contribution is -2.47. The van der Waals surface area contributed by atoms with Crippen molar-refractivity contribution in [3.8, 4) is 0 Å². The van der Waals surface area contributed by atoms with Crippen LogP contribution in [0.1, 0.15) is 22.8 Å². The fourth-order valence-corrected chi connectivity index (χ4v) is 3.87. The van der Waals surface area contributed by atoms with Gasteiger partial charge in [0.25, 0.3) is 5.69 Å². The Balaban J connectivity index is 1.61. The van der Waals surface area contributed by atoms with Crippen molar-refractivity contribution in [2.75, 3.05) is 65.0 Å². The molecule has 1 aliphatic rings. The van der Waals surface area contributed by atoms with Crippen LogP contribution in [0.4, 0.5) is 17.1 Å². The molecule has 194 valence electrons. The summed E-state index contributed by atoms with van der Waals surface area (Å²) in [5.74, 6) is -0.846. The smallest absolute Gasteiger partial charge is 0.338 e. The number of piperazine rings is 1. The maximum absolute atomic E-state index is 12.1. The van der Waals surface area contributed by atoms with Crippen LogP contribution in [0.25, 0.3) is 0 Å². The lowest BCUT2D eigenvalue weighted by molar-refractivity contribution is -0.383. The first kappa shape index (κ1) is 27.1. The fraction of sp³-hybridized carbons (Fsp3) is 0.440. The third kappa shape index (κ3) is 8.01. The van der Waals surface area contributed by atoms with Gasteiger partial charge < -0.3 is 19.5 Å². The summed E-state index contributed by atoms with van der Waals surface area (Å²) in [6, 6.07) is 11.9. The number of rotatable bonds is 12. The topological polar surface area (TPSA) is 123 Å². The molecule has 2 aromatic rings. The second kappa shape index (κ2) is 13.5. The van der Waals surface area contributed by atoms with Gasteiger partial charge in [0.2, 0.25) is 0 Å². The molecule has 0 unspecified atom stereocenters. The standard InChI is InChI=1S/C25H32N4O7/c1-3-35-24(30)18-28-11-9-27(10-12-28)17-19-5-4-6-21(15-19)26-22-8-7-20(16-23(22)29(32)33)25(31)36-14-13-34-2/h4-8,15-16,26H,3,9-14,17-18H2,1-2H3. The van der Waals surface area contributed by atoms with Gasteiger partial charge in [0.15, 0.2) is 0 Å². The van der Waals surface area contributed by atoms with Crippen LogP contribution in [0.15, 0.2) is 42.5 Å². The van der Waals surface area contributed by atoms with E-state index in [1.54, 1.807) is 6.92 Å². The molecule has 3 rings (SSSR count). The van der Waals surface area contributed by atoms with E-state index in [9.17, 15) is 19.7 Å². The number of ether oxygens (including phenoxy) is 3. The maximum atomic E-state index is 12.1. The van der Waals surface area contributed by atoms with Gasteiger partial charge in [-0.05, 0) is 36.8 Å². The summed E-state index contributed by atoms with van der Waals surface area (Å²) in [5.41, 5.74) is 1.91. The number of methoxy groups -OCH3 is 1. The van der Waals surface area contributed by atoms with E-state index in [2.05, 4.69) is 15.1 Å². The minimum absolute atomic E-state index is 0.0658. The lowest BCUT2D eigenvalue weighted by atomic mass is 10.1. The number of nitro benzene ring substituents is 1. The van der Waals surface area contributed by atoms with E-state index in [-0.39, 0.29) is 36.1 Å². The molecule has 0 amide bonds. The van der Waals surface area contributed by atoms with Crippen molar-refractivity contribution in [3.63, 3.8) is 0 Å². The van der Waals surface area contributed by atoms with Gasteiger partial charge in [0.05, 0.1) is 30.2 Å². The van der Waals surface area contributed by atoms with Crippen molar-refractivity contribution in [2.24, 2.45) is 0 Å². The molecule has 2 aromatic carbocycles. The Morgan fingerprint density at radius 2 is 1.78 bits per heavy atom. The highest BCUT2D eigenvalue weighted by Crippen LogP contribution is 2.29. The maximum Gasteiger partial charge on any atom is 0.338 e. The van der Waals surface area contributed by atoms with E-state index in [4.69, 9.17) is 14.2 Å². The summed E-state index contributed by atoms with van der Waals surface area (Å²) in [5, 5.41) is 14.8. The summed E-state index contributed by atoms with van der Waals surface area (Å²) in [6.07, 6.45) is 0. The van der Waals surface area contributed by atoms with Crippen LogP contribution in [0.3, 0.4) is 0 Å². The number of carbonyl (C=O) groups is 2. The first-order chi connectivity index (χ1) is 17.4. The quantitative estimate of drug-likeness (QED) is 0.201. The van der Waals surface area contributed by atoms with Crippen molar-refractivity contribution >= 4 is 29.0 Å². The molecule has 0 saturated carbocycles. The van der Waals surface area contributed by atoms with Gasteiger partial charge in [0, 0.05) is 51.6 Å². The Bertz CT molecular complexity index is 1050. The minimum atomic E-state index is -0.647. The van der Waals surface area contributed by atoms with Crippen molar-refractivity contribution in [2.45, 2.75) is 13.5 Å². The minimum Gasteiger partial charge on any atom is -0.465 e. The van der Waals surface area contributed by atoms with Crippen LogP contribution in [0.5, 0.6) is 0 Å². The first-order valence-corrected chi connectivity index (χ1v) is 11.8. The SMILES string of the molecule is CCOC(=O)CN1CCN(Cc2cccc(Nc3ccc(C(=O)OCCOC)cc3[N+](=O)[O-])c2)CC1. The molecule has 0 aromatic heterocycles. The summed E-state index contributed by atoms with van der Waals surface area (Å²) in [7, 11) is 1.49. The molecule has 0 spiro atoms. The van der Waals surface area contributed by atoms with Crippen molar-refractivity contribution in [1.29, 1.82) is 0 Å². The molecule has 1 fully saturated rings. The zero-order valence-corrected chi connectivity index (χ0v) is 20.6. The van der Waals surface area contributed by atoms with Gasteiger partial charge >= 0.3 is 11.9 Å². The number of nitrogens with one attached hydrogen (secondary N) is 1. The largest absolute Gasteiger partial charge is 0.465 e. The zero-order chi connectivity index (χ0) is 25.9. The average molecular weight is 501 g/mol. The van der Waals surface area contributed by atoms with Gasteiger partial charge in [-0.3, -0.25) is 24.7 Å². The average Bonchev–Trinajstić information content (AvgIpc) is 2.86. The number of carbonyl (C=O) groups excluding carboxylic acids is 2. The van der Waals surface area contributed by atoms with Crippen LogP contribution >= 0.6 is 0 Å². The van der Waals surface area contributed by atoms with E-state index < -0.39 is 10.9 Å². The van der Waals surface area contributed by atoms with Crippen LogP contribution in [-0.2, 0) is 25.5 Å². The highest BCUT2D eigenvalue weighted by atomic mass is 16.6. The number of esters is 2. The van der Waals surface area contributed by atoms with Gasteiger partial charge in [-0.2, -0.15) is 0 Å².